The second-order valence-corrected chi connectivity index (χ2v) is 4.30. The zero-order valence-electron chi connectivity index (χ0n) is 8.40. The summed E-state index contributed by atoms with van der Waals surface area (Å²) in [7, 11) is 0. The molecule has 0 aliphatic carbocycles. The summed E-state index contributed by atoms with van der Waals surface area (Å²) in [5, 5.41) is 21.2. The average molecular weight is 250 g/mol. The Labute approximate surface area is 98.3 Å². The zero-order chi connectivity index (χ0) is 11.8. The fraction of sp³-hybridized carbons (Fsp3) is 0.111. The Kier molecular flexibility index (Phi) is 2.15. The molecule has 0 spiro atoms. The Bertz CT molecular complexity index is 670. The quantitative estimate of drug-likeness (QED) is 0.747. The number of carbonyl (C=O) groups is 1. The van der Waals surface area contributed by atoms with Crippen LogP contribution in [-0.2, 0) is 11.2 Å². The van der Waals surface area contributed by atoms with E-state index in [0.29, 0.717) is 21.6 Å². The van der Waals surface area contributed by atoms with Gasteiger partial charge in [-0.1, -0.05) is 11.3 Å². The summed E-state index contributed by atoms with van der Waals surface area (Å²) >= 11 is 1.20. The number of furan rings is 1. The van der Waals surface area contributed by atoms with Crippen LogP contribution in [0.15, 0.2) is 22.8 Å². The first-order valence-electron chi connectivity index (χ1n) is 4.71. The largest absolute Gasteiger partial charge is 0.481 e. The highest BCUT2D eigenvalue weighted by molar-refractivity contribution is 7.16. The summed E-state index contributed by atoms with van der Waals surface area (Å²) in [6, 6.07) is 3.48. The van der Waals surface area contributed by atoms with Crippen molar-refractivity contribution in [2.24, 2.45) is 0 Å². The molecule has 0 amide bonds. The molecular weight excluding hydrogens is 244 g/mol. The van der Waals surface area contributed by atoms with Crippen LogP contribution >= 0.6 is 11.3 Å². The van der Waals surface area contributed by atoms with E-state index in [4.69, 9.17) is 9.52 Å². The van der Waals surface area contributed by atoms with Gasteiger partial charge in [0.15, 0.2) is 5.76 Å². The van der Waals surface area contributed by atoms with E-state index in [1.807, 2.05) is 0 Å². The van der Waals surface area contributed by atoms with Crippen molar-refractivity contribution >= 4 is 22.3 Å². The first kappa shape index (κ1) is 9.97. The van der Waals surface area contributed by atoms with Crippen LogP contribution in [0.3, 0.4) is 0 Å². The maximum absolute atomic E-state index is 10.6. The van der Waals surface area contributed by atoms with Gasteiger partial charge in [0.2, 0.25) is 10.8 Å². The van der Waals surface area contributed by atoms with Gasteiger partial charge in [0, 0.05) is 0 Å². The molecule has 17 heavy (non-hydrogen) atoms. The Morgan fingerprint density at radius 1 is 1.53 bits per heavy atom. The molecule has 3 aromatic heterocycles. The minimum Gasteiger partial charge on any atom is -0.481 e. The van der Waals surface area contributed by atoms with Crippen LogP contribution < -0.4 is 0 Å². The molecular formula is C9H6N4O3S. The van der Waals surface area contributed by atoms with Crippen LogP contribution in [0, 0.1) is 0 Å². The van der Waals surface area contributed by atoms with Crippen molar-refractivity contribution in [3.05, 3.63) is 23.4 Å². The van der Waals surface area contributed by atoms with Gasteiger partial charge in [-0.25, -0.2) is 0 Å². The Morgan fingerprint density at radius 3 is 3.12 bits per heavy atom. The third kappa shape index (κ3) is 1.68. The summed E-state index contributed by atoms with van der Waals surface area (Å²) in [4.78, 5) is 11.1. The van der Waals surface area contributed by atoms with E-state index in [9.17, 15) is 4.79 Å². The lowest BCUT2D eigenvalue weighted by atomic mass is 10.4. The topological polar surface area (TPSA) is 93.5 Å². The van der Waals surface area contributed by atoms with Gasteiger partial charge in [-0.15, -0.1) is 10.2 Å². The molecule has 0 fully saturated rings. The van der Waals surface area contributed by atoms with Crippen LogP contribution in [0.25, 0.3) is 16.5 Å². The Morgan fingerprint density at radius 2 is 2.41 bits per heavy atom. The van der Waals surface area contributed by atoms with Gasteiger partial charge in [-0.3, -0.25) is 4.79 Å². The van der Waals surface area contributed by atoms with Crippen LogP contribution in [-0.4, -0.2) is 30.9 Å². The number of carboxylic acid groups (broad SMARTS) is 1. The van der Waals surface area contributed by atoms with E-state index in [0.717, 1.165) is 0 Å². The van der Waals surface area contributed by atoms with E-state index < -0.39 is 5.97 Å². The standard InChI is InChI=1S/C9H6N4O3S/c14-7(15)4-6-12-13-8(5-2-1-3-16-5)10-11-9(13)17-6/h1-3H,4H2,(H,14,15). The van der Waals surface area contributed by atoms with E-state index in [1.54, 1.807) is 12.1 Å². The molecule has 1 N–H and O–H groups in total. The molecule has 0 aliphatic rings. The summed E-state index contributed by atoms with van der Waals surface area (Å²) < 4.78 is 6.69. The van der Waals surface area contributed by atoms with Crippen molar-refractivity contribution in [1.29, 1.82) is 0 Å². The summed E-state index contributed by atoms with van der Waals surface area (Å²) in [6.07, 6.45) is 1.41. The predicted octanol–water partition coefficient (Wildman–Crippen LogP) is 1.07. The molecule has 0 saturated carbocycles. The first-order chi connectivity index (χ1) is 8.24. The molecule has 0 bridgehead atoms. The number of hydrogen-bond acceptors (Lipinski definition) is 6. The molecule has 86 valence electrons. The molecule has 0 unspecified atom stereocenters. The van der Waals surface area contributed by atoms with Crippen molar-refractivity contribution in [3.63, 3.8) is 0 Å². The Balaban J connectivity index is 2.09. The lowest BCUT2D eigenvalue weighted by Gasteiger charge is -1.89. The van der Waals surface area contributed by atoms with Gasteiger partial charge < -0.3 is 9.52 Å². The normalized spacial score (nSPS) is 11.1. The lowest BCUT2D eigenvalue weighted by Crippen LogP contribution is -2.00. The molecule has 7 nitrogen and oxygen atoms in total. The highest BCUT2D eigenvalue weighted by Gasteiger charge is 2.16. The molecule has 0 saturated heterocycles. The summed E-state index contributed by atoms with van der Waals surface area (Å²) in [6.45, 7) is 0. The minimum absolute atomic E-state index is 0.119. The van der Waals surface area contributed by atoms with Crippen LogP contribution in [0.2, 0.25) is 0 Å². The van der Waals surface area contributed by atoms with E-state index in [2.05, 4.69) is 15.3 Å². The van der Waals surface area contributed by atoms with E-state index >= 15 is 0 Å². The SMILES string of the molecule is O=C(O)Cc1nn2c(-c3ccco3)nnc2s1. The molecule has 3 rings (SSSR count). The number of aromatic nitrogens is 4. The third-order valence-electron chi connectivity index (χ3n) is 2.08. The van der Waals surface area contributed by atoms with Gasteiger partial charge in [-0.2, -0.15) is 9.61 Å². The monoisotopic (exact) mass is 250 g/mol. The van der Waals surface area contributed by atoms with Gasteiger partial charge >= 0.3 is 5.97 Å². The number of nitrogens with zero attached hydrogens (tertiary/aromatic N) is 4. The van der Waals surface area contributed by atoms with Crippen LogP contribution in [0.1, 0.15) is 5.01 Å². The number of carboxylic acids is 1. The smallest absolute Gasteiger partial charge is 0.310 e. The maximum atomic E-state index is 10.6. The molecule has 0 radical (unpaired) electrons. The van der Waals surface area contributed by atoms with E-state index in [1.165, 1.54) is 22.1 Å². The van der Waals surface area contributed by atoms with Crippen molar-refractivity contribution in [3.8, 4) is 11.6 Å². The Hall–Kier alpha value is -2.22. The second kappa shape index (κ2) is 3.67. The number of fused-ring (bicyclic) bond motifs is 1. The fourth-order valence-electron chi connectivity index (χ4n) is 1.42. The van der Waals surface area contributed by atoms with Gasteiger partial charge in [-0.05, 0) is 12.1 Å². The molecule has 8 heteroatoms. The highest BCUT2D eigenvalue weighted by Crippen LogP contribution is 2.21. The predicted molar refractivity (Wildman–Crippen MR) is 57.7 cm³/mol. The maximum Gasteiger partial charge on any atom is 0.310 e. The lowest BCUT2D eigenvalue weighted by molar-refractivity contribution is -0.136. The third-order valence-corrected chi connectivity index (χ3v) is 2.98. The van der Waals surface area contributed by atoms with Crippen molar-refractivity contribution < 1.29 is 14.3 Å². The average Bonchev–Trinajstić information content (AvgIpc) is 2.89. The summed E-state index contributed by atoms with van der Waals surface area (Å²) in [5.41, 5.74) is 0. The summed E-state index contributed by atoms with van der Waals surface area (Å²) in [5.74, 6) is 0.0945. The van der Waals surface area contributed by atoms with Gasteiger partial charge in [0.05, 0.1) is 12.7 Å². The zero-order valence-corrected chi connectivity index (χ0v) is 9.22. The molecule has 3 aromatic rings. The van der Waals surface area contributed by atoms with Crippen molar-refractivity contribution in [2.45, 2.75) is 6.42 Å². The highest BCUT2D eigenvalue weighted by atomic mass is 32.1. The second-order valence-electron chi connectivity index (χ2n) is 3.26. The molecule has 0 aliphatic heterocycles. The van der Waals surface area contributed by atoms with Crippen LogP contribution in [0.5, 0.6) is 0 Å². The van der Waals surface area contributed by atoms with Crippen LogP contribution in [0.4, 0.5) is 0 Å². The minimum atomic E-state index is -0.922. The molecule has 3 heterocycles. The van der Waals surface area contributed by atoms with E-state index in [-0.39, 0.29) is 6.42 Å². The number of aliphatic carboxylic acids is 1. The van der Waals surface area contributed by atoms with Gasteiger partial charge in [0.25, 0.3) is 0 Å². The number of rotatable bonds is 3. The fourth-order valence-corrected chi connectivity index (χ4v) is 2.24. The molecule has 0 aromatic carbocycles. The first-order valence-corrected chi connectivity index (χ1v) is 5.52. The molecule has 0 atom stereocenters. The van der Waals surface area contributed by atoms with Crippen molar-refractivity contribution in [1.82, 2.24) is 19.8 Å². The number of hydrogen-bond donors (Lipinski definition) is 1. The van der Waals surface area contributed by atoms with Crippen molar-refractivity contribution in [2.75, 3.05) is 0 Å². The van der Waals surface area contributed by atoms with Gasteiger partial charge in [0.1, 0.15) is 5.01 Å².